The van der Waals surface area contributed by atoms with Gasteiger partial charge in [0.15, 0.2) is 0 Å². The first-order valence-electron chi connectivity index (χ1n) is 9.54. The second-order valence-electron chi connectivity index (χ2n) is 7.10. The summed E-state index contributed by atoms with van der Waals surface area (Å²) in [5.41, 5.74) is 4.28. The molecule has 1 aliphatic rings. The Morgan fingerprint density at radius 2 is 1.86 bits per heavy atom. The fraction of sp³-hybridized carbons (Fsp3) is 0.364. The number of fused-ring (bicyclic) bond motifs is 1. The number of amides is 2. The second kappa shape index (κ2) is 9.75. The maximum atomic E-state index is 12.8. The molecule has 1 heterocycles. The number of anilines is 1. The van der Waals surface area contributed by atoms with Gasteiger partial charge in [-0.15, -0.1) is 0 Å². The van der Waals surface area contributed by atoms with Crippen LogP contribution in [-0.4, -0.2) is 35.9 Å². The number of carbonyl (C=O) groups excluding carboxylic acids is 2. The highest BCUT2D eigenvalue weighted by atomic mass is 32.2. The molecule has 0 spiro atoms. The van der Waals surface area contributed by atoms with Gasteiger partial charge in [-0.2, -0.15) is 11.8 Å². The average Bonchev–Trinajstić information content (AvgIpc) is 2.72. The molecule has 0 bridgehead atoms. The van der Waals surface area contributed by atoms with E-state index >= 15 is 0 Å². The summed E-state index contributed by atoms with van der Waals surface area (Å²) in [5, 5.41) is 9.16. The number of aryl methyl sites for hydroxylation is 1. The average molecular weight is 398 g/mol. The van der Waals surface area contributed by atoms with Crippen LogP contribution in [0.25, 0.3) is 0 Å². The van der Waals surface area contributed by atoms with Crippen molar-refractivity contribution in [2.75, 3.05) is 17.3 Å². The van der Waals surface area contributed by atoms with Crippen molar-refractivity contribution in [2.45, 2.75) is 38.4 Å². The molecule has 148 valence electrons. The molecular weight excluding hydrogens is 370 g/mol. The number of rotatable bonds is 7. The Morgan fingerprint density at radius 1 is 1.14 bits per heavy atom. The Kier molecular flexibility index (Phi) is 7.12. The Hall–Kier alpha value is -2.31. The molecule has 2 aromatic carbocycles. The van der Waals surface area contributed by atoms with Crippen LogP contribution in [0.5, 0.6) is 0 Å². The molecule has 1 aliphatic heterocycles. The first-order chi connectivity index (χ1) is 13.6. The van der Waals surface area contributed by atoms with E-state index in [1.54, 1.807) is 11.8 Å². The maximum Gasteiger partial charge on any atom is 0.246 e. The van der Waals surface area contributed by atoms with Crippen molar-refractivity contribution in [3.63, 3.8) is 0 Å². The molecule has 0 saturated heterocycles. The highest BCUT2D eigenvalue weighted by Gasteiger charge is 2.28. The van der Waals surface area contributed by atoms with Crippen LogP contribution in [-0.2, 0) is 22.6 Å². The second-order valence-corrected chi connectivity index (χ2v) is 8.09. The van der Waals surface area contributed by atoms with Crippen molar-refractivity contribution >= 4 is 29.3 Å². The zero-order valence-corrected chi connectivity index (χ0v) is 17.1. The van der Waals surface area contributed by atoms with Crippen molar-refractivity contribution in [3.8, 4) is 0 Å². The molecule has 2 aromatic rings. The van der Waals surface area contributed by atoms with E-state index < -0.39 is 6.04 Å². The Labute approximate surface area is 170 Å². The molecule has 28 heavy (non-hydrogen) atoms. The lowest BCUT2D eigenvalue weighted by Crippen LogP contribution is -2.53. The standard InChI is InChI=1S/C22H27N3O2S/c1-15-7-9-18(10-8-15)24-21(26)19(11-12-28-2)25-22(27)20-13-16-5-3-4-6-17(16)14-23-20/h3-10,19-20,23H,11-14H2,1-2H3,(H,24,26)(H,25,27). The van der Waals surface area contributed by atoms with Crippen molar-refractivity contribution in [1.29, 1.82) is 0 Å². The quantitative estimate of drug-likeness (QED) is 0.672. The predicted molar refractivity (Wildman–Crippen MR) is 116 cm³/mol. The Bertz CT molecular complexity index is 823. The van der Waals surface area contributed by atoms with Gasteiger partial charge >= 0.3 is 0 Å². The summed E-state index contributed by atoms with van der Waals surface area (Å²) in [4.78, 5) is 25.6. The van der Waals surface area contributed by atoms with E-state index in [4.69, 9.17) is 0 Å². The number of thioether (sulfide) groups is 1. The van der Waals surface area contributed by atoms with Crippen molar-refractivity contribution in [3.05, 3.63) is 65.2 Å². The first-order valence-corrected chi connectivity index (χ1v) is 10.9. The van der Waals surface area contributed by atoms with Crippen LogP contribution in [0, 0.1) is 6.92 Å². The van der Waals surface area contributed by atoms with Crippen LogP contribution in [0.2, 0.25) is 0 Å². The molecule has 0 aliphatic carbocycles. The third-order valence-corrected chi connectivity index (χ3v) is 5.60. The van der Waals surface area contributed by atoms with Gasteiger partial charge in [-0.25, -0.2) is 0 Å². The van der Waals surface area contributed by atoms with E-state index in [9.17, 15) is 9.59 Å². The monoisotopic (exact) mass is 397 g/mol. The molecule has 5 nitrogen and oxygen atoms in total. The molecule has 3 rings (SSSR count). The van der Waals surface area contributed by atoms with Gasteiger partial charge in [0.1, 0.15) is 6.04 Å². The number of hydrogen-bond donors (Lipinski definition) is 3. The van der Waals surface area contributed by atoms with Crippen molar-refractivity contribution in [2.24, 2.45) is 0 Å². The molecular formula is C22H27N3O2S. The van der Waals surface area contributed by atoms with Gasteiger partial charge in [0.25, 0.3) is 0 Å². The van der Waals surface area contributed by atoms with Gasteiger partial charge in [0, 0.05) is 12.2 Å². The Balaban J connectivity index is 1.63. The number of carbonyl (C=O) groups is 2. The topological polar surface area (TPSA) is 70.2 Å². The first kappa shape index (κ1) is 20.4. The minimum atomic E-state index is -0.555. The molecule has 0 radical (unpaired) electrons. The van der Waals surface area contributed by atoms with Gasteiger partial charge in [0.05, 0.1) is 6.04 Å². The molecule has 2 amide bonds. The van der Waals surface area contributed by atoms with Crippen LogP contribution in [0.4, 0.5) is 5.69 Å². The fourth-order valence-corrected chi connectivity index (χ4v) is 3.75. The van der Waals surface area contributed by atoms with Gasteiger partial charge in [-0.05, 0) is 55.0 Å². The number of benzene rings is 2. The van der Waals surface area contributed by atoms with E-state index in [2.05, 4.69) is 28.1 Å². The van der Waals surface area contributed by atoms with Crippen LogP contribution in [0.15, 0.2) is 48.5 Å². The van der Waals surface area contributed by atoms with E-state index in [1.165, 1.54) is 11.1 Å². The largest absolute Gasteiger partial charge is 0.343 e. The predicted octanol–water partition coefficient (Wildman–Crippen LogP) is 2.89. The lowest BCUT2D eigenvalue weighted by Gasteiger charge is -2.27. The summed E-state index contributed by atoms with van der Waals surface area (Å²) < 4.78 is 0. The smallest absolute Gasteiger partial charge is 0.246 e. The zero-order valence-electron chi connectivity index (χ0n) is 16.3. The summed E-state index contributed by atoms with van der Waals surface area (Å²) in [6.07, 6.45) is 3.22. The van der Waals surface area contributed by atoms with Crippen molar-refractivity contribution in [1.82, 2.24) is 10.6 Å². The zero-order chi connectivity index (χ0) is 19.9. The van der Waals surface area contributed by atoms with Crippen LogP contribution in [0.3, 0.4) is 0 Å². The number of hydrogen-bond acceptors (Lipinski definition) is 4. The highest BCUT2D eigenvalue weighted by molar-refractivity contribution is 7.98. The van der Waals surface area contributed by atoms with Crippen LogP contribution >= 0.6 is 11.8 Å². The molecule has 3 N–H and O–H groups in total. The summed E-state index contributed by atoms with van der Waals surface area (Å²) in [6.45, 7) is 2.67. The van der Waals surface area contributed by atoms with Gasteiger partial charge < -0.3 is 16.0 Å². The molecule has 0 fully saturated rings. The van der Waals surface area contributed by atoms with E-state index in [-0.39, 0.29) is 17.9 Å². The molecule has 2 unspecified atom stereocenters. The minimum Gasteiger partial charge on any atom is -0.343 e. The molecule has 6 heteroatoms. The third kappa shape index (κ3) is 5.36. The van der Waals surface area contributed by atoms with Crippen molar-refractivity contribution < 1.29 is 9.59 Å². The lowest BCUT2D eigenvalue weighted by atomic mass is 9.95. The van der Waals surface area contributed by atoms with Crippen LogP contribution in [0.1, 0.15) is 23.1 Å². The SMILES string of the molecule is CSCCC(NC(=O)C1Cc2ccccc2CN1)C(=O)Nc1ccc(C)cc1. The van der Waals surface area contributed by atoms with Gasteiger partial charge in [-0.3, -0.25) is 9.59 Å². The fourth-order valence-electron chi connectivity index (χ4n) is 3.28. The summed E-state index contributed by atoms with van der Waals surface area (Å²) >= 11 is 1.66. The van der Waals surface area contributed by atoms with Gasteiger partial charge in [-0.1, -0.05) is 42.0 Å². The van der Waals surface area contributed by atoms with E-state index in [1.807, 2.05) is 49.6 Å². The highest BCUT2D eigenvalue weighted by Crippen LogP contribution is 2.17. The molecule has 0 aromatic heterocycles. The molecule has 2 atom stereocenters. The molecule has 0 saturated carbocycles. The van der Waals surface area contributed by atoms with Gasteiger partial charge in [0.2, 0.25) is 11.8 Å². The lowest BCUT2D eigenvalue weighted by molar-refractivity contribution is -0.128. The van der Waals surface area contributed by atoms with E-state index in [0.717, 1.165) is 17.0 Å². The maximum absolute atomic E-state index is 12.8. The van der Waals surface area contributed by atoms with E-state index in [0.29, 0.717) is 19.4 Å². The summed E-state index contributed by atoms with van der Waals surface area (Å²) in [7, 11) is 0. The van der Waals surface area contributed by atoms with Crippen LogP contribution < -0.4 is 16.0 Å². The number of nitrogens with one attached hydrogen (secondary N) is 3. The summed E-state index contributed by atoms with van der Waals surface area (Å²) in [5.74, 6) is 0.495. The Morgan fingerprint density at radius 3 is 2.57 bits per heavy atom. The normalized spacial score (nSPS) is 16.7. The summed E-state index contributed by atoms with van der Waals surface area (Å²) in [6, 6.07) is 14.9. The minimum absolute atomic E-state index is 0.125. The third-order valence-electron chi connectivity index (χ3n) is 4.96.